The van der Waals surface area contributed by atoms with Gasteiger partial charge in [-0.1, -0.05) is 19.3 Å². The van der Waals surface area contributed by atoms with Crippen molar-refractivity contribution in [1.29, 1.82) is 0 Å². The Morgan fingerprint density at radius 2 is 1.88 bits per heavy atom. The number of amides is 1. The lowest BCUT2D eigenvalue weighted by molar-refractivity contribution is -0.134. The number of carbonyl (C=O) groups excluding carboxylic acids is 1. The van der Waals surface area contributed by atoms with Crippen LogP contribution in [0, 0.1) is 5.92 Å². The molecule has 0 unspecified atom stereocenters. The highest BCUT2D eigenvalue weighted by atomic mass is 16.4. The van der Waals surface area contributed by atoms with Crippen molar-refractivity contribution >= 4 is 5.91 Å². The van der Waals surface area contributed by atoms with Gasteiger partial charge in [0.1, 0.15) is 12.0 Å². The zero-order chi connectivity index (χ0) is 16.9. The molecule has 2 aliphatic rings. The van der Waals surface area contributed by atoms with Crippen molar-refractivity contribution in [2.75, 3.05) is 26.2 Å². The van der Waals surface area contributed by atoms with Crippen LogP contribution >= 0.6 is 0 Å². The van der Waals surface area contributed by atoms with Crippen molar-refractivity contribution in [2.45, 2.75) is 45.1 Å². The van der Waals surface area contributed by atoms with Gasteiger partial charge < -0.3 is 14.4 Å². The Bertz CT molecular complexity index is 614. The monoisotopic (exact) mass is 334 g/mol. The van der Waals surface area contributed by atoms with Gasteiger partial charge in [0.25, 0.3) is 0 Å². The zero-order valence-electron chi connectivity index (χ0n) is 14.1. The maximum absolute atomic E-state index is 12.4. The molecule has 0 atom stereocenters. The molecule has 1 N–H and O–H groups in total. The minimum Gasteiger partial charge on any atom is -0.502 e. The van der Waals surface area contributed by atoms with Gasteiger partial charge in [-0.05, 0) is 18.8 Å². The van der Waals surface area contributed by atoms with Crippen LogP contribution < -0.4 is 5.43 Å². The Labute approximate surface area is 142 Å². The van der Waals surface area contributed by atoms with E-state index in [-0.39, 0.29) is 11.7 Å². The molecule has 1 aromatic heterocycles. The lowest BCUT2D eigenvalue weighted by atomic mass is 9.86. The van der Waals surface area contributed by atoms with Crippen molar-refractivity contribution < 1.29 is 14.3 Å². The molecule has 1 saturated carbocycles. The molecule has 2 fully saturated rings. The second-order valence-electron chi connectivity index (χ2n) is 6.96. The number of aromatic hydroxyl groups is 1. The van der Waals surface area contributed by atoms with E-state index in [0.29, 0.717) is 24.6 Å². The van der Waals surface area contributed by atoms with Gasteiger partial charge in [-0.15, -0.1) is 0 Å². The van der Waals surface area contributed by atoms with Crippen LogP contribution in [0.1, 0.15) is 44.3 Å². The summed E-state index contributed by atoms with van der Waals surface area (Å²) in [4.78, 5) is 28.0. The Morgan fingerprint density at radius 1 is 1.17 bits per heavy atom. The van der Waals surface area contributed by atoms with Crippen molar-refractivity contribution in [3.05, 3.63) is 28.3 Å². The van der Waals surface area contributed by atoms with Gasteiger partial charge >= 0.3 is 0 Å². The minimum absolute atomic E-state index is 0.290. The summed E-state index contributed by atoms with van der Waals surface area (Å²) in [5.74, 6) is 1.05. The molecular weight excluding hydrogens is 308 g/mol. The fourth-order valence-electron chi connectivity index (χ4n) is 3.67. The largest absolute Gasteiger partial charge is 0.502 e. The van der Waals surface area contributed by atoms with Crippen molar-refractivity contribution in [3.8, 4) is 5.75 Å². The van der Waals surface area contributed by atoms with Gasteiger partial charge in [0.15, 0.2) is 5.75 Å². The van der Waals surface area contributed by atoms with Crippen LogP contribution in [0.2, 0.25) is 0 Å². The molecule has 0 spiro atoms. The number of rotatable bonds is 4. The number of carbonyl (C=O) groups is 1. The van der Waals surface area contributed by atoms with E-state index in [2.05, 4.69) is 4.90 Å². The first kappa shape index (κ1) is 17.0. The molecule has 1 aliphatic carbocycles. The first-order valence-electron chi connectivity index (χ1n) is 8.92. The van der Waals surface area contributed by atoms with Gasteiger partial charge in [0.05, 0.1) is 6.54 Å². The van der Waals surface area contributed by atoms with E-state index in [1.54, 1.807) is 0 Å². The van der Waals surface area contributed by atoms with E-state index < -0.39 is 5.43 Å². The van der Waals surface area contributed by atoms with E-state index in [1.165, 1.54) is 38.2 Å². The predicted molar refractivity (Wildman–Crippen MR) is 89.7 cm³/mol. The third kappa shape index (κ3) is 4.38. The molecule has 2 heterocycles. The third-order valence-electron chi connectivity index (χ3n) is 5.16. The highest BCUT2D eigenvalue weighted by molar-refractivity contribution is 5.76. The number of nitrogens with zero attached hydrogens (tertiary/aromatic N) is 2. The molecule has 1 aromatic rings. The first-order valence-corrected chi connectivity index (χ1v) is 8.92. The molecule has 6 nitrogen and oxygen atoms in total. The van der Waals surface area contributed by atoms with Crippen molar-refractivity contribution in [2.24, 2.45) is 5.92 Å². The van der Waals surface area contributed by atoms with Crippen LogP contribution in [-0.2, 0) is 11.3 Å². The molecule has 24 heavy (non-hydrogen) atoms. The maximum Gasteiger partial charge on any atom is 0.226 e. The standard InChI is InChI=1S/C18H26N2O4/c21-16-11-15(24-13-17(16)22)12-19-6-8-20(9-7-19)18(23)10-14-4-2-1-3-5-14/h11,13-14,22H,1-10,12H2. The predicted octanol–water partition coefficient (Wildman–Crippen LogP) is 1.96. The van der Waals surface area contributed by atoms with Crippen LogP contribution in [0.4, 0.5) is 0 Å². The molecule has 1 aliphatic heterocycles. The number of hydrogen-bond donors (Lipinski definition) is 1. The fraction of sp³-hybridized carbons (Fsp3) is 0.667. The molecule has 0 radical (unpaired) electrons. The Morgan fingerprint density at radius 3 is 2.54 bits per heavy atom. The summed E-state index contributed by atoms with van der Waals surface area (Å²) >= 11 is 0. The Hall–Kier alpha value is -1.82. The summed E-state index contributed by atoms with van der Waals surface area (Å²) in [6.45, 7) is 3.55. The van der Waals surface area contributed by atoms with E-state index in [1.807, 2.05) is 4.90 Å². The lowest BCUT2D eigenvalue weighted by Crippen LogP contribution is -2.48. The smallest absolute Gasteiger partial charge is 0.226 e. The molecule has 1 amide bonds. The lowest BCUT2D eigenvalue weighted by Gasteiger charge is -2.35. The Balaban J connectivity index is 1.45. The summed E-state index contributed by atoms with van der Waals surface area (Å²) in [6, 6.07) is 1.33. The molecule has 132 valence electrons. The van der Waals surface area contributed by atoms with Gasteiger partial charge in [-0.25, -0.2) is 0 Å². The summed E-state index contributed by atoms with van der Waals surface area (Å²) in [5.41, 5.74) is -0.419. The molecule has 1 saturated heterocycles. The van der Waals surface area contributed by atoms with Crippen LogP contribution in [-0.4, -0.2) is 47.0 Å². The van der Waals surface area contributed by atoms with Crippen LogP contribution in [0.15, 0.2) is 21.5 Å². The quantitative estimate of drug-likeness (QED) is 0.911. The first-order chi connectivity index (χ1) is 11.6. The van der Waals surface area contributed by atoms with Crippen LogP contribution in [0.5, 0.6) is 5.75 Å². The van der Waals surface area contributed by atoms with Crippen LogP contribution in [0.3, 0.4) is 0 Å². The highest BCUT2D eigenvalue weighted by Crippen LogP contribution is 2.27. The van der Waals surface area contributed by atoms with Crippen LogP contribution in [0.25, 0.3) is 0 Å². The fourth-order valence-corrected chi connectivity index (χ4v) is 3.67. The van der Waals surface area contributed by atoms with E-state index in [4.69, 9.17) is 4.42 Å². The zero-order valence-corrected chi connectivity index (χ0v) is 14.1. The maximum atomic E-state index is 12.4. The molecule has 3 rings (SSSR count). The van der Waals surface area contributed by atoms with E-state index in [9.17, 15) is 14.7 Å². The van der Waals surface area contributed by atoms with Crippen molar-refractivity contribution in [1.82, 2.24) is 9.80 Å². The summed E-state index contributed by atoms with van der Waals surface area (Å²) in [7, 11) is 0. The molecule has 0 bridgehead atoms. The molecule has 6 heteroatoms. The molecule has 0 aromatic carbocycles. The second-order valence-corrected chi connectivity index (χ2v) is 6.96. The minimum atomic E-state index is -0.419. The van der Waals surface area contributed by atoms with Gasteiger partial charge in [0, 0.05) is 38.7 Å². The Kier molecular flexibility index (Phi) is 5.56. The normalized spacial score (nSPS) is 20.2. The second kappa shape index (κ2) is 7.83. The van der Waals surface area contributed by atoms with Gasteiger partial charge in [-0.2, -0.15) is 0 Å². The number of hydrogen-bond acceptors (Lipinski definition) is 5. The summed E-state index contributed by atoms with van der Waals surface area (Å²) in [6.07, 6.45) is 8.04. The molecular formula is C18H26N2O4. The average Bonchev–Trinajstić information content (AvgIpc) is 2.60. The van der Waals surface area contributed by atoms with Crippen molar-refractivity contribution in [3.63, 3.8) is 0 Å². The average molecular weight is 334 g/mol. The highest BCUT2D eigenvalue weighted by Gasteiger charge is 2.24. The van der Waals surface area contributed by atoms with E-state index in [0.717, 1.165) is 32.4 Å². The third-order valence-corrected chi connectivity index (χ3v) is 5.16. The SMILES string of the molecule is O=C(CC1CCCCC1)N1CCN(Cc2cc(=O)c(O)co2)CC1. The summed E-state index contributed by atoms with van der Waals surface area (Å²) < 4.78 is 5.24. The topological polar surface area (TPSA) is 74.0 Å². The number of piperazine rings is 1. The van der Waals surface area contributed by atoms with Gasteiger partial charge in [0.2, 0.25) is 11.3 Å². The van der Waals surface area contributed by atoms with E-state index >= 15 is 0 Å². The van der Waals surface area contributed by atoms with Gasteiger partial charge in [-0.3, -0.25) is 14.5 Å². The summed E-state index contributed by atoms with van der Waals surface area (Å²) in [5, 5.41) is 9.22.